The minimum atomic E-state index is 1.10. The molecule has 0 saturated heterocycles. The van der Waals surface area contributed by atoms with Crippen molar-refractivity contribution in [3.63, 3.8) is 0 Å². The SMILES string of the molecule is c1ccc(-c2ccc(N(c3ccc(-c4ccc(-c5ccccc5-n5c6ccccc6c6ccc(-c7ccccc7)cc65)cc4)cc3)c3cccc(-c4ccccc4)c3)cc2)cc1. The second kappa shape index (κ2) is 16.1. The molecule has 1 aromatic heterocycles. The van der Waals surface area contributed by atoms with Gasteiger partial charge in [0.2, 0.25) is 0 Å². The van der Waals surface area contributed by atoms with E-state index >= 15 is 0 Å². The summed E-state index contributed by atoms with van der Waals surface area (Å²) in [4.78, 5) is 2.35. The Balaban J connectivity index is 0.940. The minimum absolute atomic E-state index is 1.10. The smallest absolute Gasteiger partial charge is 0.0547 e. The van der Waals surface area contributed by atoms with Crippen LogP contribution < -0.4 is 4.90 Å². The Hall–Kier alpha value is -8.20. The molecule has 1 heterocycles. The third-order valence-corrected chi connectivity index (χ3v) is 12.0. The van der Waals surface area contributed by atoms with E-state index < -0.39 is 0 Å². The van der Waals surface area contributed by atoms with Gasteiger partial charge in [-0.2, -0.15) is 0 Å². The summed E-state index contributed by atoms with van der Waals surface area (Å²) in [6.07, 6.45) is 0. The van der Waals surface area contributed by atoms with Crippen molar-refractivity contribution in [1.29, 1.82) is 0 Å². The molecule has 11 aromatic rings. The molecular formula is C60H42N2. The molecule has 0 bridgehead atoms. The van der Waals surface area contributed by atoms with E-state index in [1.54, 1.807) is 0 Å². The van der Waals surface area contributed by atoms with Gasteiger partial charge in [0.25, 0.3) is 0 Å². The predicted octanol–water partition coefficient (Wildman–Crippen LogP) is 16.6. The van der Waals surface area contributed by atoms with Gasteiger partial charge in [0.15, 0.2) is 0 Å². The van der Waals surface area contributed by atoms with Crippen LogP contribution in [0.3, 0.4) is 0 Å². The van der Waals surface area contributed by atoms with E-state index in [-0.39, 0.29) is 0 Å². The molecule has 0 N–H and O–H groups in total. The number of para-hydroxylation sites is 2. The highest BCUT2D eigenvalue weighted by atomic mass is 15.1. The Bertz CT molecular complexity index is 3290. The molecule has 0 fully saturated rings. The molecule has 0 spiro atoms. The average Bonchev–Trinajstić information content (AvgIpc) is 3.69. The van der Waals surface area contributed by atoms with Crippen LogP contribution in [0.2, 0.25) is 0 Å². The zero-order valence-corrected chi connectivity index (χ0v) is 34.1. The summed E-state index contributed by atoms with van der Waals surface area (Å²) >= 11 is 0. The molecule has 0 aliphatic carbocycles. The number of hydrogen-bond acceptors (Lipinski definition) is 1. The first-order valence-electron chi connectivity index (χ1n) is 21.3. The molecule has 0 radical (unpaired) electrons. The van der Waals surface area contributed by atoms with Crippen LogP contribution in [0.25, 0.3) is 83.1 Å². The molecular weight excluding hydrogens is 749 g/mol. The fourth-order valence-corrected chi connectivity index (χ4v) is 8.93. The first kappa shape index (κ1) is 36.8. The number of anilines is 3. The summed E-state index contributed by atoms with van der Waals surface area (Å²) in [5.41, 5.74) is 18.8. The minimum Gasteiger partial charge on any atom is -0.310 e. The van der Waals surface area contributed by atoms with Gasteiger partial charge in [-0.1, -0.05) is 200 Å². The quantitative estimate of drug-likeness (QED) is 0.141. The maximum Gasteiger partial charge on any atom is 0.0547 e. The Kier molecular flexibility index (Phi) is 9.57. The molecule has 11 rings (SSSR count). The molecule has 292 valence electrons. The molecule has 0 saturated carbocycles. The summed E-state index contributed by atoms with van der Waals surface area (Å²) in [6, 6.07) is 91.9. The lowest BCUT2D eigenvalue weighted by Crippen LogP contribution is -2.10. The van der Waals surface area contributed by atoms with Crippen molar-refractivity contribution >= 4 is 38.9 Å². The molecule has 2 heteroatoms. The molecule has 0 amide bonds. The van der Waals surface area contributed by atoms with Gasteiger partial charge < -0.3 is 9.47 Å². The summed E-state index contributed by atoms with van der Waals surface area (Å²) in [5.74, 6) is 0. The Labute approximate surface area is 362 Å². The first-order valence-corrected chi connectivity index (χ1v) is 21.3. The van der Waals surface area contributed by atoms with E-state index in [2.05, 4.69) is 264 Å². The van der Waals surface area contributed by atoms with Crippen LogP contribution in [0.1, 0.15) is 0 Å². The molecule has 0 atom stereocenters. The van der Waals surface area contributed by atoms with Crippen LogP contribution in [0.5, 0.6) is 0 Å². The highest BCUT2D eigenvalue weighted by Gasteiger charge is 2.18. The van der Waals surface area contributed by atoms with Gasteiger partial charge in [-0.25, -0.2) is 0 Å². The zero-order valence-electron chi connectivity index (χ0n) is 34.1. The largest absolute Gasteiger partial charge is 0.310 e. The van der Waals surface area contributed by atoms with E-state index in [4.69, 9.17) is 0 Å². The van der Waals surface area contributed by atoms with E-state index in [0.717, 1.165) is 22.7 Å². The number of hydrogen-bond donors (Lipinski definition) is 0. The van der Waals surface area contributed by atoms with Crippen molar-refractivity contribution in [2.24, 2.45) is 0 Å². The van der Waals surface area contributed by atoms with Crippen molar-refractivity contribution in [2.75, 3.05) is 4.90 Å². The fraction of sp³-hybridized carbons (Fsp3) is 0. The number of nitrogens with zero attached hydrogens (tertiary/aromatic N) is 2. The third-order valence-electron chi connectivity index (χ3n) is 12.0. The highest BCUT2D eigenvalue weighted by Crippen LogP contribution is 2.40. The van der Waals surface area contributed by atoms with Crippen LogP contribution in [0.15, 0.2) is 255 Å². The van der Waals surface area contributed by atoms with E-state index in [1.165, 1.54) is 77.4 Å². The summed E-state index contributed by atoms with van der Waals surface area (Å²) in [7, 11) is 0. The molecule has 0 aliphatic heterocycles. The monoisotopic (exact) mass is 790 g/mol. The van der Waals surface area contributed by atoms with Gasteiger partial charge in [-0.05, 0) is 105 Å². The number of rotatable bonds is 9. The topological polar surface area (TPSA) is 8.17 Å². The third kappa shape index (κ3) is 6.94. The van der Waals surface area contributed by atoms with Gasteiger partial charge in [-0.15, -0.1) is 0 Å². The second-order valence-electron chi connectivity index (χ2n) is 15.8. The summed E-state index contributed by atoms with van der Waals surface area (Å²) < 4.78 is 2.44. The van der Waals surface area contributed by atoms with Crippen LogP contribution in [0, 0.1) is 0 Å². The van der Waals surface area contributed by atoms with Crippen LogP contribution >= 0.6 is 0 Å². The Morgan fingerprint density at radius 1 is 0.242 bits per heavy atom. The second-order valence-corrected chi connectivity index (χ2v) is 15.8. The lowest BCUT2D eigenvalue weighted by atomic mass is 9.98. The Morgan fingerprint density at radius 2 is 0.661 bits per heavy atom. The highest BCUT2D eigenvalue weighted by molar-refractivity contribution is 6.10. The maximum absolute atomic E-state index is 2.44. The van der Waals surface area contributed by atoms with Crippen molar-refractivity contribution in [3.05, 3.63) is 255 Å². The van der Waals surface area contributed by atoms with Crippen molar-refractivity contribution in [1.82, 2.24) is 4.57 Å². The predicted molar refractivity (Wildman–Crippen MR) is 263 cm³/mol. The van der Waals surface area contributed by atoms with Gasteiger partial charge in [0.1, 0.15) is 0 Å². The molecule has 2 nitrogen and oxygen atoms in total. The van der Waals surface area contributed by atoms with Crippen molar-refractivity contribution < 1.29 is 0 Å². The van der Waals surface area contributed by atoms with Crippen LogP contribution in [0.4, 0.5) is 17.1 Å². The summed E-state index contributed by atoms with van der Waals surface area (Å²) in [5, 5.41) is 2.50. The van der Waals surface area contributed by atoms with Gasteiger partial charge >= 0.3 is 0 Å². The summed E-state index contributed by atoms with van der Waals surface area (Å²) in [6.45, 7) is 0. The van der Waals surface area contributed by atoms with Gasteiger partial charge in [-0.3, -0.25) is 0 Å². The van der Waals surface area contributed by atoms with Crippen LogP contribution in [-0.4, -0.2) is 4.57 Å². The van der Waals surface area contributed by atoms with Crippen molar-refractivity contribution in [3.8, 4) is 61.3 Å². The number of benzene rings is 10. The molecule has 0 aliphatic rings. The van der Waals surface area contributed by atoms with E-state index in [1.807, 2.05) is 0 Å². The first-order chi connectivity index (χ1) is 30.7. The van der Waals surface area contributed by atoms with E-state index in [9.17, 15) is 0 Å². The lowest BCUT2D eigenvalue weighted by molar-refractivity contribution is 1.18. The van der Waals surface area contributed by atoms with Crippen LogP contribution in [-0.2, 0) is 0 Å². The average molecular weight is 791 g/mol. The van der Waals surface area contributed by atoms with Gasteiger partial charge in [0, 0.05) is 33.4 Å². The van der Waals surface area contributed by atoms with E-state index in [0.29, 0.717) is 0 Å². The normalized spacial score (nSPS) is 11.2. The molecule has 0 unspecified atom stereocenters. The number of fused-ring (bicyclic) bond motifs is 3. The maximum atomic E-state index is 2.44. The lowest BCUT2D eigenvalue weighted by Gasteiger charge is -2.26. The Morgan fingerprint density at radius 3 is 1.27 bits per heavy atom. The molecule has 62 heavy (non-hydrogen) atoms. The van der Waals surface area contributed by atoms with Crippen molar-refractivity contribution in [2.45, 2.75) is 0 Å². The zero-order chi connectivity index (χ0) is 41.2. The number of aromatic nitrogens is 1. The fourth-order valence-electron chi connectivity index (χ4n) is 8.93. The van der Waals surface area contributed by atoms with Gasteiger partial charge in [0.05, 0.1) is 16.7 Å². The molecule has 10 aromatic carbocycles. The standard InChI is InChI=1S/C60H42N2/c1-4-15-43(16-5-1)47-31-36-52(37-32-47)61(54-22-14-21-50(41-54)44-17-6-2-7-18-44)53-38-33-48(34-39-53)46-27-29-49(30-28-46)55-23-10-12-25-58(55)62-59-26-13-11-24-56(59)57-40-35-51(42-60(57)62)45-19-8-3-9-20-45/h1-42H.